The zero-order valence-electron chi connectivity index (χ0n) is 7.76. The van der Waals surface area contributed by atoms with Crippen molar-refractivity contribution in [3.63, 3.8) is 0 Å². The molecule has 0 bridgehead atoms. The van der Waals surface area contributed by atoms with E-state index in [0.29, 0.717) is 5.92 Å². The third-order valence-electron chi connectivity index (χ3n) is 1.83. The van der Waals surface area contributed by atoms with E-state index >= 15 is 0 Å². The highest BCUT2D eigenvalue weighted by atomic mass is 16.4. The van der Waals surface area contributed by atoms with Crippen molar-refractivity contribution >= 4 is 5.97 Å². The maximum Gasteiger partial charge on any atom is 0.358 e. The van der Waals surface area contributed by atoms with Gasteiger partial charge in [0, 0.05) is 0 Å². The van der Waals surface area contributed by atoms with Crippen molar-refractivity contribution < 1.29 is 9.90 Å². The zero-order chi connectivity index (χ0) is 9.02. The first-order valence-corrected chi connectivity index (χ1v) is 4.16. The van der Waals surface area contributed by atoms with E-state index in [2.05, 4.69) is 0 Å². The highest BCUT2D eigenvalue weighted by molar-refractivity contribution is 5.69. The normalized spacial score (nSPS) is 14.0. The van der Waals surface area contributed by atoms with Gasteiger partial charge in [-0.25, -0.2) is 9.90 Å². The van der Waals surface area contributed by atoms with Crippen LogP contribution in [0.1, 0.15) is 34.1 Å². The molecule has 0 fully saturated rings. The molecule has 0 heterocycles. The predicted molar refractivity (Wildman–Crippen MR) is 43.5 cm³/mol. The lowest BCUT2D eigenvalue weighted by atomic mass is 9.88. The van der Waals surface area contributed by atoms with Crippen LogP contribution in [0.3, 0.4) is 0 Å². The lowest BCUT2D eigenvalue weighted by Crippen LogP contribution is -2.20. The number of hydrogen-bond acceptors (Lipinski definition) is 1. The molecule has 0 rings (SSSR count). The summed E-state index contributed by atoms with van der Waals surface area (Å²) in [6, 6.07) is 0. The summed E-state index contributed by atoms with van der Waals surface area (Å²) in [5.41, 5.74) is 0. The van der Waals surface area contributed by atoms with E-state index in [1.54, 1.807) is 0 Å². The molecule has 0 aromatic carbocycles. The molecule has 0 aromatic heterocycles. The van der Waals surface area contributed by atoms with Gasteiger partial charge in [0.2, 0.25) is 0 Å². The fourth-order valence-corrected chi connectivity index (χ4v) is 1.15. The first-order chi connectivity index (χ1) is 4.95. The Bertz CT molecular complexity index is 128. The monoisotopic (exact) mass is 157 g/mol. The number of carbonyl (C=O) groups is 1. The van der Waals surface area contributed by atoms with Crippen molar-refractivity contribution in [3.8, 4) is 0 Å². The number of rotatable bonds is 4. The molecule has 0 saturated heterocycles. The topological polar surface area (TPSA) is 37.0 Å². The van der Waals surface area contributed by atoms with Gasteiger partial charge in [-0.3, -0.25) is 0 Å². The lowest BCUT2D eigenvalue weighted by Gasteiger charge is -2.16. The van der Waals surface area contributed by atoms with Gasteiger partial charge in [0.05, 0.1) is 5.92 Å². The van der Waals surface area contributed by atoms with E-state index in [4.69, 9.17) is 0 Å². The van der Waals surface area contributed by atoms with Crippen LogP contribution in [0, 0.1) is 17.8 Å². The molecule has 0 aliphatic rings. The molecular formula is C9H17O2. The van der Waals surface area contributed by atoms with Gasteiger partial charge < -0.3 is 0 Å². The Morgan fingerprint density at radius 3 is 1.73 bits per heavy atom. The molecule has 0 N–H and O–H groups in total. The molecule has 0 amide bonds. The molecule has 0 saturated carbocycles. The van der Waals surface area contributed by atoms with Crippen LogP contribution in [0.25, 0.3) is 0 Å². The standard InChI is InChI=1S/C9H17O2/c1-6(2)5-8(7(3)4)9(10)11/h6-8H,5H2,1-4H3. The smallest absolute Gasteiger partial charge is 0.247 e. The minimum Gasteiger partial charge on any atom is -0.247 e. The van der Waals surface area contributed by atoms with Gasteiger partial charge in [0.15, 0.2) is 0 Å². The molecule has 2 heteroatoms. The minimum absolute atomic E-state index is 0.183. The third kappa shape index (κ3) is 4.02. The van der Waals surface area contributed by atoms with Crippen LogP contribution in [0.2, 0.25) is 0 Å². The SMILES string of the molecule is CC(C)CC(C([O])=O)C(C)C. The van der Waals surface area contributed by atoms with Crippen molar-refractivity contribution in [2.24, 2.45) is 17.8 Å². The van der Waals surface area contributed by atoms with Gasteiger partial charge in [-0.2, -0.15) is 0 Å². The largest absolute Gasteiger partial charge is 0.358 e. The van der Waals surface area contributed by atoms with Crippen LogP contribution < -0.4 is 0 Å². The summed E-state index contributed by atoms with van der Waals surface area (Å²) in [7, 11) is 0. The summed E-state index contributed by atoms with van der Waals surface area (Å²) in [4.78, 5) is 10.6. The van der Waals surface area contributed by atoms with Crippen molar-refractivity contribution in [2.45, 2.75) is 34.1 Å². The summed E-state index contributed by atoms with van der Waals surface area (Å²) in [6.07, 6.45) is 0.722. The van der Waals surface area contributed by atoms with E-state index in [1.807, 2.05) is 27.7 Å². The van der Waals surface area contributed by atoms with Crippen molar-refractivity contribution in [2.75, 3.05) is 0 Å². The second kappa shape index (κ2) is 4.37. The van der Waals surface area contributed by atoms with Crippen molar-refractivity contribution in [1.29, 1.82) is 0 Å². The van der Waals surface area contributed by atoms with Crippen molar-refractivity contribution in [1.82, 2.24) is 0 Å². The van der Waals surface area contributed by atoms with Crippen LogP contribution in [-0.4, -0.2) is 5.97 Å². The molecule has 2 nitrogen and oxygen atoms in total. The van der Waals surface area contributed by atoms with E-state index in [0.717, 1.165) is 6.42 Å². The zero-order valence-corrected chi connectivity index (χ0v) is 7.76. The number of carbonyl (C=O) groups excluding carboxylic acids is 1. The van der Waals surface area contributed by atoms with E-state index in [9.17, 15) is 9.90 Å². The maximum atomic E-state index is 10.6. The second-order valence-corrected chi connectivity index (χ2v) is 3.80. The summed E-state index contributed by atoms with van der Waals surface area (Å²) in [5.74, 6) is -0.577. The molecule has 0 spiro atoms. The van der Waals surface area contributed by atoms with E-state index in [1.165, 1.54) is 0 Å². The Morgan fingerprint density at radius 1 is 1.18 bits per heavy atom. The van der Waals surface area contributed by atoms with Gasteiger partial charge >= 0.3 is 5.97 Å². The van der Waals surface area contributed by atoms with Crippen LogP contribution in [0.4, 0.5) is 0 Å². The lowest BCUT2D eigenvalue weighted by molar-refractivity contribution is -0.150. The third-order valence-corrected chi connectivity index (χ3v) is 1.83. The second-order valence-electron chi connectivity index (χ2n) is 3.80. The van der Waals surface area contributed by atoms with Gasteiger partial charge in [0.1, 0.15) is 0 Å². The average Bonchev–Trinajstić information content (AvgIpc) is 1.81. The van der Waals surface area contributed by atoms with Crippen LogP contribution in [0.5, 0.6) is 0 Å². The van der Waals surface area contributed by atoms with E-state index < -0.39 is 5.97 Å². The summed E-state index contributed by atoms with van der Waals surface area (Å²) in [5, 5.41) is 10.6. The van der Waals surface area contributed by atoms with Crippen LogP contribution >= 0.6 is 0 Å². The molecule has 1 atom stereocenters. The highest BCUT2D eigenvalue weighted by Crippen LogP contribution is 2.20. The molecule has 0 aliphatic carbocycles. The summed E-state index contributed by atoms with van der Waals surface area (Å²) >= 11 is 0. The Balaban J connectivity index is 4.01. The Morgan fingerprint density at radius 2 is 1.64 bits per heavy atom. The highest BCUT2D eigenvalue weighted by Gasteiger charge is 2.23. The minimum atomic E-state index is -0.909. The molecule has 0 aliphatic heterocycles. The fraction of sp³-hybridized carbons (Fsp3) is 0.889. The first kappa shape index (κ1) is 10.5. The molecule has 0 aromatic rings. The predicted octanol–water partition coefficient (Wildman–Crippen LogP) is 2.26. The summed E-state index contributed by atoms with van der Waals surface area (Å²) < 4.78 is 0. The Kier molecular flexibility index (Phi) is 4.16. The Labute approximate surface area is 68.6 Å². The van der Waals surface area contributed by atoms with Gasteiger partial charge in [0.25, 0.3) is 0 Å². The van der Waals surface area contributed by atoms with Gasteiger partial charge in [-0.1, -0.05) is 27.7 Å². The first-order valence-electron chi connectivity index (χ1n) is 4.16. The van der Waals surface area contributed by atoms with E-state index in [-0.39, 0.29) is 11.8 Å². The van der Waals surface area contributed by atoms with Gasteiger partial charge in [-0.05, 0) is 18.3 Å². The van der Waals surface area contributed by atoms with Gasteiger partial charge in [-0.15, -0.1) is 0 Å². The molecule has 1 unspecified atom stereocenters. The van der Waals surface area contributed by atoms with Crippen LogP contribution in [-0.2, 0) is 9.90 Å². The summed E-state index contributed by atoms with van der Waals surface area (Å²) in [6.45, 7) is 7.89. The van der Waals surface area contributed by atoms with Crippen LogP contribution in [0.15, 0.2) is 0 Å². The number of hydrogen-bond donors (Lipinski definition) is 0. The molecule has 1 radical (unpaired) electrons. The molecule has 11 heavy (non-hydrogen) atoms. The maximum absolute atomic E-state index is 10.6. The molecular weight excluding hydrogens is 140 g/mol. The Hall–Kier alpha value is -0.530. The van der Waals surface area contributed by atoms with Crippen molar-refractivity contribution in [3.05, 3.63) is 0 Å². The quantitative estimate of drug-likeness (QED) is 0.616. The molecule has 65 valence electrons. The average molecular weight is 157 g/mol. The fourth-order valence-electron chi connectivity index (χ4n) is 1.15.